The summed E-state index contributed by atoms with van der Waals surface area (Å²) in [6.45, 7) is 3.75. The number of aryl methyl sites for hydroxylation is 1. The quantitative estimate of drug-likeness (QED) is 0.692. The second kappa shape index (κ2) is 3.30. The molecule has 0 spiro atoms. The predicted molar refractivity (Wildman–Crippen MR) is 52.0 cm³/mol. The monoisotopic (exact) mass is 177 g/mol. The van der Waals surface area contributed by atoms with Gasteiger partial charge in [0.15, 0.2) is 0 Å². The summed E-state index contributed by atoms with van der Waals surface area (Å²) in [6.07, 6.45) is 2.11. The second-order valence-electron chi connectivity index (χ2n) is 3.32. The lowest BCUT2D eigenvalue weighted by molar-refractivity contribution is 0.627. The summed E-state index contributed by atoms with van der Waals surface area (Å²) in [4.78, 5) is 0. The van der Waals surface area contributed by atoms with E-state index in [0.29, 0.717) is 0 Å². The summed E-state index contributed by atoms with van der Waals surface area (Å²) in [7, 11) is 0. The Morgan fingerprint density at radius 1 is 1.38 bits per heavy atom. The number of nitrogens with one attached hydrogen (secondary N) is 1. The van der Waals surface area contributed by atoms with Gasteiger partial charge < -0.3 is 5.32 Å². The van der Waals surface area contributed by atoms with E-state index in [4.69, 9.17) is 0 Å². The first-order chi connectivity index (χ1) is 6.27. The summed E-state index contributed by atoms with van der Waals surface area (Å²) >= 11 is 0. The van der Waals surface area contributed by atoms with Gasteiger partial charge in [0.2, 0.25) is 0 Å². The molecule has 0 aromatic heterocycles. The van der Waals surface area contributed by atoms with Gasteiger partial charge in [-0.05, 0) is 35.8 Å². The molecule has 1 aliphatic heterocycles. The normalized spacial score (nSPS) is 16.0. The van der Waals surface area contributed by atoms with Gasteiger partial charge in [0.25, 0.3) is 0 Å². The minimum atomic E-state index is -0.159. The standard InChI is InChI=1S/C11H12FN/c1-8-2-3-10(12)6-11(8)9-4-5-13-7-9/h2-4,6,13H,5,7H2,1H3. The van der Waals surface area contributed by atoms with Crippen LogP contribution in [0.5, 0.6) is 0 Å². The molecular formula is C11H12FN. The van der Waals surface area contributed by atoms with Crippen molar-refractivity contribution in [3.8, 4) is 0 Å². The Kier molecular flexibility index (Phi) is 2.15. The fourth-order valence-electron chi connectivity index (χ4n) is 1.62. The van der Waals surface area contributed by atoms with Crippen molar-refractivity contribution in [2.24, 2.45) is 0 Å². The van der Waals surface area contributed by atoms with E-state index in [1.807, 2.05) is 13.0 Å². The van der Waals surface area contributed by atoms with E-state index in [1.165, 1.54) is 11.6 Å². The molecule has 1 aromatic rings. The molecule has 1 aliphatic rings. The first kappa shape index (κ1) is 8.45. The molecule has 2 rings (SSSR count). The maximum absolute atomic E-state index is 13.0. The second-order valence-corrected chi connectivity index (χ2v) is 3.32. The van der Waals surface area contributed by atoms with Crippen LogP contribution in [0.1, 0.15) is 11.1 Å². The van der Waals surface area contributed by atoms with Gasteiger partial charge >= 0.3 is 0 Å². The zero-order valence-electron chi connectivity index (χ0n) is 7.60. The van der Waals surface area contributed by atoms with Crippen LogP contribution in [0.15, 0.2) is 24.3 Å². The number of hydrogen-bond donors (Lipinski definition) is 1. The Labute approximate surface area is 77.3 Å². The van der Waals surface area contributed by atoms with Crippen molar-refractivity contribution in [3.05, 3.63) is 41.2 Å². The van der Waals surface area contributed by atoms with E-state index in [1.54, 1.807) is 6.07 Å². The van der Waals surface area contributed by atoms with Crippen molar-refractivity contribution in [2.45, 2.75) is 6.92 Å². The molecule has 0 radical (unpaired) electrons. The van der Waals surface area contributed by atoms with E-state index < -0.39 is 0 Å². The van der Waals surface area contributed by atoms with Crippen LogP contribution in [-0.2, 0) is 0 Å². The number of halogens is 1. The molecule has 0 aliphatic carbocycles. The van der Waals surface area contributed by atoms with Gasteiger partial charge in [0.05, 0.1) is 0 Å². The first-order valence-electron chi connectivity index (χ1n) is 4.43. The lowest BCUT2D eigenvalue weighted by Crippen LogP contribution is -2.08. The van der Waals surface area contributed by atoms with Gasteiger partial charge in [-0.1, -0.05) is 12.1 Å². The molecule has 1 heterocycles. The fourth-order valence-corrected chi connectivity index (χ4v) is 1.62. The summed E-state index contributed by atoms with van der Waals surface area (Å²) in [5.74, 6) is -0.159. The van der Waals surface area contributed by atoms with E-state index in [-0.39, 0.29) is 5.82 Å². The summed E-state index contributed by atoms with van der Waals surface area (Å²) in [5.41, 5.74) is 3.37. The fraction of sp³-hybridized carbons (Fsp3) is 0.273. The molecule has 68 valence electrons. The molecule has 0 fully saturated rings. The molecule has 0 atom stereocenters. The third-order valence-electron chi connectivity index (χ3n) is 2.35. The van der Waals surface area contributed by atoms with E-state index >= 15 is 0 Å². The van der Waals surface area contributed by atoms with Crippen LogP contribution in [-0.4, -0.2) is 13.1 Å². The third kappa shape index (κ3) is 1.63. The van der Waals surface area contributed by atoms with Crippen molar-refractivity contribution >= 4 is 5.57 Å². The molecular weight excluding hydrogens is 165 g/mol. The molecule has 2 heteroatoms. The van der Waals surface area contributed by atoms with Crippen LogP contribution in [0.4, 0.5) is 4.39 Å². The maximum atomic E-state index is 13.0. The average molecular weight is 177 g/mol. The SMILES string of the molecule is Cc1ccc(F)cc1C1=CCNC1. The van der Waals surface area contributed by atoms with Gasteiger partial charge in [0.1, 0.15) is 5.82 Å². The Morgan fingerprint density at radius 3 is 2.92 bits per heavy atom. The molecule has 0 saturated heterocycles. The van der Waals surface area contributed by atoms with E-state index in [9.17, 15) is 4.39 Å². The third-order valence-corrected chi connectivity index (χ3v) is 2.35. The Morgan fingerprint density at radius 2 is 2.23 bits per heavy atom. The maximum Gasteiger partial charge on any atom is 0.123 e. The number of benzene rings is 1. The molecule has 0 bridgehead atoms. The van der Waals surface area contributed by atoms with Crippen molar-refractivity contribution in [3.63, 3.8) is 0 Å². The van der Waals surface area contributed by atoms with Gasteiger partial charge in [0, 0.05) is 13.1 Å². The minimum absolute atomic E-state index is 0.159. The van der Waals surface area contributed by atoms with Crippen LogP contribution < -0.4 is 5.32 Å². The topological polar surface area (TPSA) is 12.0 Å². The average Bonchev–Trinajstić information content (AvgIpc) is 2.61. The molecule has 0 unspecified atom stereocenters. The highest BCUT2D eigenvalue weighted by molar-refractivity contribution is 5.71. The summed E-state index contributed by atoms with van der Waals surface area (Å²) < 4.78 is 13.0. The highest BCUT2D eigenvalue weighted by atomic mass is 19.1. The Bertz CT molecular complexity index is 355. The highest BCUT2D eigenvalue weighted by Crippen LogP contribution is 2.21. The van der Waals surface area contributed by atoms with Crippen molar-refractivity contribution in [1.29, 1.82) is 0 Å². The van der Waals surface area contributed by atoms with E-state index in [0.717, 1.165) is 24.2 Å². The molecule has 0 saturated carbocycles. The Balaban J connectivity index is 2.43. The summed E-state index contributed by atoms with van der Waals surface area (Å²) in [5, 5.41) is 3.20. The number of hydrogen-bond acceptors (Lipinski definition) is 1. The molecule has 0 amide bonds. The zero-order valence-corrected chi connectivity index (χ0v) is 7.60. The molecule has 1 nitrogen and oxygen atoms in total. The minimum Gasteiger partial charge on any atom is -0.309 e. The molecule has 1 N–H and O–H groups in total. The number of rotatable bonds is 1. The van der Waals surface area contributed by atoms with Crippen LogP contribution in [0.3, 0.4) is 0 Å². The van der Waals surface area contributed by atoms with Crippen molar-refractivity contribution in [1.82, 2.24) is 5.32 Å². The zero-order chi connectivity index (χ0) is 9.26. The predicted octanol–water partition coefficient (Wildman–Crippen LogP) is 2.12. The molecule has 1 aromatic carbocycles. The van der Waals surface area contributed by atoms with Gasteiger partial charge in [-0.2, -0.15) is 0 Å². The van der Waals surface area contributed by atoms with Crippen LogP contribution >= 0.6 is 0 Å². The van der Waals surface area contributed by atoms with Crippen LogP contribution in [0, 0.1) is 12.7 Å². The van der Waals surface area contributed by atoms with Crippen molar-refractivity contribution < 1.29 is 4.39 Å². The van der Waals surface area contributed by atoms with Gasteiger partial charge in [-0.15, -0.1) is 0 Å². The Hall–Kier alpha value is -1.15. The smallest absolute Gasteiger partial charge is 0.123 e. The lowest BCUT2D eigenvalue weighted by Gasteiger charge is -2.06. The largest absolute Gasteiger partial charge is 0.309 e. The highest BCUT2D eigenvalue weighted by Gasteiger charge is 2.09. The molecule has 13 heavy (non-hydrogen) atoms. The lowest BCUT2D eigenvalue weighted by atomic mass is 10.0. The van der Waals surface area contributed by atoms with Crippen LogP contribution in [0.2, 0.25) is 0 Å². The summed E-state index contributed by atoms with van der Waals surface area (Å²) in [6, 6.07) is 4.93. The first-order valence-corrected chi connectivity index (χ1v) is 4.43. The van der Waals surface area contributed by atoms with Crippen molar-refractivity contribution in [2.75, 3.05) is 13.1 Å². The van der Waals surface area contributed by atoms with Gasteiger partial charge in [-0.25, -0.2) is 4.39 Å². The van der Waals surface area contributed by atoms with E-state index in [2.05, 4.69) is 11.4 Å². The van der Waals surface area contributed by atoms with Crippen LogP contribution in [0.25, 0.3) is 5.57 Å². The van der Waals surface area contributed by atoms with Gasteiger partial charge in [-0.3, -0.25) is 0 Å².